The number of esters is 1. The molecule has 2 saturated heterocycles. The molecule has 0 aromatic carbocycles. The van der Waals surface area contributed by atoms with Gasteiger partial charge in [-0.3, -0.25) is 14.4 Å². The number of allylic oxidation sites excluding steroid dienone is 5. The minimum Gasteiger partial charge on any atom is -0.460 e. The Morgan fingerprint density at radius 3 is 2.19 bits per heavy atom. The van der Waals surface area contributed by atoms with E-state index in [2.05, 4.69) is 4.74 Å². The maximum Gasteiger partial charge on any atom is 0.482 e. The minimum absolute atomic E-state index is 0.00523. The van der Waals surface area contributed by atoms with Crippen LogP contribution in [0.1, 0.15) is 126 Å². The molecular formula is C58H90F5NO16. The van der Waals surface area contributed by atoms with Gasteiger partial charge in [0.25, 0.3) is 11.7 Å². The Hall–Kier alpha value is -3.55. The maximum absolute atomic E-state index is 14.6. The zero-order valence-electron chi connectivity index (χ0n) is 48.1. The second-order valence-electron chi connectivity index (χ2n) is 22.5. The predicted octanol–water partition coefficient (Wildman–Crippen LogP) is 7.55. The number of alkyl halides is 5. The maximum atomic E-state index is 14.6. The minimum atomic E-state index is -5.90. The van der Waals surface area contributed by atoms with E-state index in [4.69, 9.17) is 33.2 Å². The SMILES string of the molecule is CO[C@@H]1C[C@H](C[C@@H](C)[C@@H]2CC(O)[C@H](C)/C=C(\C)[C@@H](O)[C@@H](OC)C(=O)[C@H](C)C[C@H](C)/C=C/C=C/C=C(\C)C(OCCOCCOC(F)(F)C(F)(F)F)C[C@@H]3CC[C@@H](C)[C@@](O)(O3)C(=O)C(=O)N3CCCCC3C(=O)O2)CC[C@H]1OCCO. The molecule has 3 aliphatic heterocycles. The lowest BCUT2D eigenvalue weighted by Crippen LogP contribution is -2.61. The van der Waals surface area contributed by atoms with Crippen LogP contribution in [0.25, 0.3) is 0 Å². The van der Waals surface area contributed by atoms with E-state index in [0.717, 1.165) is 11.3 Å². The molecule has 3 heterocycles. The van der Waals surface area contributed by atoms with Gasteiger partial charge in [-0.15, -0.1) is 0 Å². The smallest absolute Gasteiger partial charge is 0.460 e. The first-order valence-electron chi connectivity index (χ1n) is 28.3. The van der Waals surface area contributed by atoms with Gasteiger partial charge < -0.3 is 63.2 Å². The van der Waals surface area contributed by atoms with Crippen LogP contribution in [0.3, 0.4) is 0 Å². The molecule has 0 aromatic rings. The van der Waals surface area contributed by atoms with Crippen LogP contribution in [0.2, 0.25) is 0 Å². The summed E-state index contributed by atoms with van der Waals surface area (Å²) in [6.45, 7) is 10.3. The summed E-state index contributed by atoms with van der Waals surface area (Å²) in [4.78, 5) is 58.5. The van der Waals surface area contributed by atoms with Gasteiger partial charge >= 0.3 is 18.3 Å². The average molecular weight is 1150 g/mol. The summed E-state index contributed by atoms with van der Waals surface area (Å²) < 4.78 is 109. The molecule has 4 N–H and O–H groups in total. The van der Waals surface area contributed by atoms with Gasteiger partial charge in [0.05, 0.1) is 70.2 Å². The molecule has 4 rings (SSSR count). The van der Waals surface area contributed by atoms with Gasteiger partial charge in [0.2, 0.25) is 5.79 Å². The number of hydrogen-bond donors (Lipinski definition) is 4. The van der Waals surface area contributed by atoms with Crippen molar-refractivity contribution in [3.8, 4) is 0 Å². The summed E-state index contributed by atoms with van der Waals surface area (Å²) in [5.41, 5.74) is 1.01. The summed E-state index contributed by atoms with van der Waals surface area (Å²) in [6, 6.07) is -1.23. The number of piperidine rings is 1. The van der Waals surface area contributed by atoms with Crippen molar-refractivity contribution in [2.75, 3.05) is 60.4 Å². The van der Waals surface area contributed by atoms with Gasteiger partial charge in [-0.05, 0) is 107 Å². The molecule has 4 aliphatic rings. The number of nitrogens with zero attached hydrogens (tertiary/aromatic N) is 1. The topological polar surface area (TPSA) is 226 Å². The zero-order valence-corrected chi connectivity index (χ0v) is 48.1. The molecular weight excluding hydrogens is 1060 g/mol. The molecule has 17 nitrogen and oxygen atoms in total. The van der Waals surface area contributed by atoms with Gasteiger partial charge in [0.1, 0.15) is 24.4 Å². The van der Waals surface area contributed by atoms with Crippen molar-refractivity contribution < 1.29 is 99.5 Å². The zero-order chi connectivity index (χ0) is 59.5. The number of halogens is 5. The first kappa shape index (κ1) is 68.9. The van der Waals surface area contributed by atoms with Crippen LogP contribution in [0.5, 0.6) is 0 Å². The van der Waals surface area contributed by atoms with E-state index in [1.165, 1.54) is 7.11 Å². The summed E-state index contributed by atoms with van der Waals surface area (Å²) in [7, 11) is 2.95. The first-order chi connectivity index (χ1) is 37.7. The normalized spacial score (nSPS) is 36.5. The van der Waals surface area contributed by atoms with Crippen molar-refractivity contribution in [1.82, 2.24) is 4.90 Å². The van der Waals surface area contributed by atoms with Gasteiger partial charge in [-0.1, -0.05) is 71.1 Å². The average Bonchev–Trinajstić information content (AvgIpc) is 3.43. The largest absolute Gasteiger partial charge is 0.482 e. The lowest BCUT2D eigenvalue weighted by atomic mass is 9.78. The Balaban J connectivity index is 1.68. The molecule has 3 unspecified atom stereocenters. The number of carbonyl (C=O) groups is 4. The van der Waals surface area contributed by atoms with Crippen LogP contribution < -0.4 is 0 Å². The van der Waals surface area contributed by atoms with Crippen LogP contribution in [-0.4, -0.2) is 182 Å². The van der Waals surface area contributed by atoms with Crippen molar-refractivity contribution in [2.24, 2.45) is 35.5 Å². The molecule has 80 heavy (non-hydrogen) atoms. The third-order valence-electron chi connectivity index (χ3n) is 16.2. The third-order valence-corrected chi connectivity index (χ3v) is 16.2. The summed E-state index contributed by atoms with van der Waals surface area (Å²) in [5, 5.41) is 45.0. The Labute approximate surface area is 468 Å². The molecule has 2 bridgehead atoms. The van der Waals surface area contributed by atoms with Gasteiger partial charge in [-0.25, -0.2) is 4.79 Å². The number of aliphatic hydroxyl groups excluding tert-OH is 3. The molecule has 1 amide bonds. The van der Waals surface area contributed by atoms with E-state index >= 15 is 0 Å². The number of rotatable bonds is 16. The molecule has 3 fully saturated rings. The van der Waals surface area contributed by atoms with E-state index in [1.807, 2.05) is 19.9 Å². The van der Waals surface area contributed by atoms with Crippen molar-refractivity contribution in [3.63, 3.8) is 0 Å². The first-order valence-corrected chi connectivity index (χ1v) is 28.3. The molecule has 458 valence electrons. The monoisotopic (exact) mass is 1150 g/mol. The standard InChI is InChI=1S/C58H90F5NO16/c1-35-15-11-10-12-16-36(2)47(77-27-25-75-26-28-78-58(62,63)57(59,60)61)33-43-20-18-41(7)56(72,80-43)53(69)54(70)64-22-14-13-17-44(64)55(71)79-48(38(4)31-42-19-21-46(76-24-23-65)49(32-42)73-8)34-45(66)37(3)30-40(6)51(68)52(74-9)50(67)39(5)29-35/h10-12,15-16,30,35,37-39,41-49,51-52,65-66,68,72H,13-14,17-29,31-34H2,1-9H3/b12-10+,15-11+,36-16+,40-30+/t35-,37-,38-,39-,41-,42+,43+,44?,45?,46-,47?,48+,49-,51-,52+,56-/m1/s1. The Morgan fingerprint density at radius 1 is 0.800 bits per heavy atom. The summed E-state index contributed by atoms with van der Waals surface area (Å²) in [5.74, 6) is -8.52. The van der Waals surface area contributed by atoms with Crippen molar-refractivity contribution in [1.29, 1.82) is 0 Å². The molecule has 0 radical (unpaired) electrons. The second kappa shape index (κ2) is 32.5. The van der Waals surface area contributed by atoms with Gasteiger partial charge in [-0.2, -0.15) is 22.0 Å². The van der Waals surface area contributed by atoms with E-state index < -0.39 is 109 Å². The number of cyclic esters (lactones) is 1. The fourth-order valence-electron chi connectivity index (χ4n) is 11.2. The Kier molecular flexibility index (Phi) is 28.0. The van der Waals surface area contributed by atoms with Crippen molar-refractivity contribution in [2.45, 2.75) is 198 Å². The number of amides is 1. The lowest BCUT2D eigenvalue weighted by Gasteiger charge is -2.43. The highest BCUT2D eigenvalue weighted by molar-refractivity contribution is 6.39. The fraction of sp³-hybridized carbons (Fsp3) is 0.793. The van der Waals surface area contributed by atoms with Crippen LogP contribution in [0.15, 0.2) is 47.6 Å². The Morgan fingerprint density at radius 2 is 1.51 bits per heavy atom. The molecule has 0 aromatic heterocycles. The molecule has 22 heteroatoms. The second-order valence-corrected chi connectivity index (χ2v) is 22.5. The number of ketones is 2. The van der Waals surface area contributed by atoms with Crippen LogP contribution in [-0.2, 0) is 57.1 Å². The number of Topliss-reactive ketones (excluding diaryl/α,β-unsaturated/α-hetero) is 2. The highest BCUT2D eigenvalue weighted by Gasteiger charge is 2.59. The number of ether oxygens (including phenoxy) is 8. The molecule has 1 aliphatic carbocycles. The Bertz CT molecular complexity index is 2090. The van der Waals surface area contributed by atoms with Gasteiger partial charge in [0, 0.05) is 51.4 Å². The highest BCUT2D eigenvalue weighted by Crippen LogP contribution is 2.39. The molecule has 0 spiro atoms. The van der Waals surface area contributed by atoms with Crippen LogP contribution in [0.4, 0.5) is 22.0 Å². The van der Waals surface area contributed by atoms with E-state index in [9.17, 15) is 61.6 Å². The van der Waals surface area contributed by atoms with E-state index in [0.29, 0.717) is 56.1 Å². The van der Waals surface area contributed by atoms with E-state index in [-0.39, 0.29) is 94.4 Å². The number of carbonyl (C=O) groups excluding carboxylic acids is 4. The number of methoxy groups -OCH3 is 2. The highest BCUT2D eigenvalue weighted by atomic mass is 19.4. The third kappa shape index (κ3) is 19.8. The summed E-state index contributed by atoms with van der Waals surface area (Å²) in [6.07, 6.45) is -2.75. The van der Waals surface area contributed by atoms with Gasteiger partial charge in [0.15, 0.2) is 5.78 Å². The summed E-state index contributed by atoms with van der Waals surface area (Å²) >= 11 is 0. The van der Waals surface area contributed by atoms with Crippen LogP contribution >= 0.6 is 0 Å². The number of hydrogen-bond acceptors (Lipinski definition) is 16. The van der Waals surface area contributed by atoms with Crippen molar-refractivity contribution in [3.05, 3.63) is 47.6 Å². The van der Waals surface area contributed by atoms with Crippen LogP contribution in [0, 0.1) is 35.5 Å². The lowest BCUT2D eigenvalue weighted by molar-refractivity contribution is -0.392. The fourth-order valence-corrected chi connectivity index (χ4v) is 11.2. The molecule has 16 atom stereocenters. The number of fused-ring (bicyclic) bond motifs is 3. The van der Waals surface area contributed by atoms with Crippen molar-refractivity contribution >= 4 is 23.4 Å². The predicted molar refractivity (Wildman–Crippen MR) is 284 cm³/mol. The quantitative estimate of drug-likeness (QED) is 0.0385. The number of aliphatic hydroxyl groups is 4. The van der Waals surface area contributed by atoms with E-state index in [1.54, 1.807) is 72.1 Å². The molecule has 1 saturated carbocycles.